The number of fused-ring (bicyclic) bond motifs is 1. The normalized spacial score (nSPS) is 13.8. The number of amides is 1. The summed E-state index contributed by atoms with van der Waals surface area (Å²) in [6, 6.07) is 22.3. The highest BCUT2D eigenvalue weighted by Crippen LogP contribution is 2.24. The SMILES string of the molecule is CC(Oc1ccc2ccccc2c1)C(=O)NC(C)c1ccc(C(C)(C)C)cc1. The minimum atomic E-state index is -0.572. The van der Waals surface area contributed by atoms with E-state index in [-0.39, 0.29) is 17.4 Å². The molecule has 0 spiro atoms. The zero-order valence-corrected chi connectivity index (χ0v) is 17.3. The Morgan fingerprint density at radius 3 is 2.18 bits per heavy atom. The van der Waals surface area contributed by atoms with E-state index in [4.69, 9.17) is 4.74 Å². The lowest BCUT2D eigenvalue weighted by Crippen LogP contribution is -2.37. The molecule has 0 fully saturated rings. The molecular formula is C25H29NO2. The molecule has 0 aliphatic rings. The second kappa shape index (κ2) is 8.05. The van der Waals surface area contributed by atoms with E-state index in [1.54, 1.807) is 6.92 Å². The molecule has 3 aromatic carbocycles. The molecule has 3 heteroatoms. The van der Waals surface area contributed by atoms with Gasteiger partial charge in [0, 0.05) is 0 Å². The molecule has 0 heterocycles. The van der Waals surface area contributed by atoms with Gasteiger partial charge in [-0.15, -0.1) is 0 Å². The quantitative estimate of drug-likeness (QED) is 0.614. The maximum Gasteiger partial charge on any atom is 0.261 e. The van der Waals surface area contributed by atoms with Gasteiger partial charge in [0.2, 0.25) is 0 Å². The summed E-state index contributed by atoms with van der Waals surface area (Å²) in [4.78, 5) is 12.6. The first-order valence-corrected chi connectivity index (χ1v) is 9.80. The van der Waals surface area contributed by atoms with Crippen molar-refractivity contribution < 1.29 is 9.53 Å². The van der Waals surface area contributed by atoms with E-state index in [0.717, 1.165) is 16.3 Å². The summed E-state index contributed by atoms with van der Waals surface area (Å²) in [6.07, 6.45) is -0.572. The fraction of sp³-hybridized carbons (Fsp3) is 0.320. The zero-order valence-electron chi connectivity index (χ0n) is 17.3. The lowest BCUT2D eigenvalue weighted by molar-refractivity contribution is -0.127. The molecule has 0 saturated carbocycles. The number of hydrogen-bond donors (Lipinski definition) is 1. The predicted molar refractivity (Wildman–Crippen MR) is 116 cm³/mol. The molecule has 1 N–H and O–H groups in total. The Morgan fingerprint density at radius 1 is 0.893 bits per heavy atom. The van der Waals surface area contributed by atoms with Crippen molar-refractivity contribution in [3.63, 3.8) is 0 Å². The molecule has 0 aromatic heterocycles. The van der Waals surface area contributed by atoms with Gasteiger partial charge in [0.05, 0.1) is 6.04 Å². The highest BCUT2D eigenvalue weighted by atomic mass is 16.5. The second-order valence-electron chi connectivity index (χ2n) is 8.37. The average Bonchev–Trinajstić information content (AvgIpc) is 2.67. The van der Waals surface area contributed by atoms with Gasteiger partial charge in [0.15, 0.2) is 6.10 Å². The molecule has 0 radical (unpaired) electrons. The van der Waals surface area contributed by atoms with Gasteiger partial charge >= 0.3 is 0 Å². The Balaban J connectivity index is 1.62. The predicted octanol–water partition coefficient (Wildman–Crippen LogP) is 5.78. The van der Waals surface area contributed by atoms with Gasteiger partial charge in [-0.25, -0.2) is 0 Å². The van der Waals surface area contributed by atoms with Gasteiger partial charge in [-0.3, -0.25) is 4.79 Å². The lowest BCUT2D eigenvalue weighted by atomic mass is 9.86. The lowest BCUT2D eigenvalue weighted by Gasteiger charge is -2.22. The standard InChI is InChI=1S/C25H29NO2/c1-17(19-10-13-22(14-11-19)25(3,4)5)26-24(27)18(2)28-23-15-12-20-8-6-7-9-21(20)16-23/h6-18H,1-5H3,(H,26,27). The van der Waals surface area contributed by atoms with Crippen molar-refractivity contribution in [3.05, 3.63) is 77.9 Å². The van der Waals surface area contributed by atoms with Crippen LogP contribution in [0, 0.1) is 0 Å². The fourth-order valence-corrected chi connectivity index (χ4v) is 3.18. The Kier molecular flexibility index (Phi) is 5.73. The van der Waals surface area contributed by atoms with Crippen molar-refractivity contribution in [2.45, 2.75) is 52.2 Å². The van der Waals surface area contributed by atoms with Gasteiger partial charge in [-0.05, 0) is 53.3 Å². The second-order valence-corrected chi connectivity index (χ2v) is 8.37. The van der Waals surface area contributed by atoms with Crippen molar-refractivity contribution in [3.8, 4) is 5.75 Å². The number of nitrogens with one attached hydrogen (secondary N) is 1. The molecule has 2 atom stereocenters. The summed E-state index contributed by atoms with van der Waals surface area (Å²) < 4.78 is 5.87. The van der Waals surface area contributed by atoms with Gasteiger partial charge in [0.1, 0.15) is 5.75 Å². The molecule has 3 nitrogen and oxygen atoms in total. The van der Waals surface area contributed by atoms with Gasteiger partial charge in [-0.2, -0.15) is 0 Å². The summed E-state index contributed by atoms with van der Waals surface area (Å²) in [5.74, 6) is 0.573. The zero-order chi connectivity index (χ0) is 20.3. The van der Waals surface area contributed by atoms with Crippen molar-refractivity contribution in [2.75, 3.05) is 0 Å². The van der Waals surface area contributed by atoms with Crippen LogP contribution in [0.15, 0.2) is 66.7 Å². The van der Waals surface area contributed by atoms with Crippen molar-refractivity contribution >= 4 is 16.7 Å². The van der Waals surface area contributed by atoms with Crippen LogP contribution in [0.5, 0.6) is 5.75 Å². The Hall–Kier alpha value is -2.81. The smallest absolute Gasteiger partial charge is 0.261 e. The topological polar surface area (TPSA) is 38.3 Å². The third kappa shape index (κ3) is 4.72. The molecule has 3 aromatic rings. The number of carbonyl (C=O) groups is 1. The summed E-state index contributed by atoms with van der Waals surface area (Å²) in [5.41, 5.74) is 2.48. The monoisotopic (exact) mass is 375 g/mol. The number of carbonyl (C=O) groups excluding carboxylic acids is 1. The molecule has 0 aliphatic carbocycles. The van der Waals surface area contributed by atoms with E-state index in [0.29, 0.717) is 5.75 Å². The van der Waals surface area contributed by atoms with E-state index >= 15 is 0 Å². The molecule has 1 amide bonds. The van der Waals surface area contributed by atoms with E-state index < -0.39 is 6.10 Å². The maximum absolute atomic E-state index is 12.6. The van der Waals surface area contributed by atoms with Crippen LogP contribution in [0.2, 0.25) is 0 Å². The van der Waals surface area contributed by atoms with Crippen LogP contribution in [0.25, 0.3) is 10.8 Å². The summed E-state index contributed by atoms with van der Waals surface area (Å²) in [6.45, 7) is 10.4. The van der Waals surface area contributed by atoms with Crippen LogP contribution in [-0.4, -0.2) is 12.0 Å². The van der Waals surface area contributed by atoms with Gasteiger partial charge in [-0.1, -0.05) is 75.4 Å². The number of ether oxygens (including phenoxy) is 1. The highest BCUT2D eigenvalue weighted by molar-refractivity contribution is 5.84. The number of benzene rings is 3. The Labute approximate surface area is 167 Å². The molecule has 28 heavy (non-hydrogen) atoms. The highest BCUT2D eigenvalue weighted by Gasteiger charge is 2.19. The minimum absolute atomic E-state index is 0.0795. The molecule has 3 rings (SSSR count). The van der Waals surface area contributed by atoms with E-state index in [1.807, 2.05) is 43.3 Å². The van der Waals surface area contributed by atoms with Crippen LogP contribution in [0.3, 0.4) is 0 Å². The van der Waals surface area contributed by atoms with E-state index in [9.17, 15) is 4.79 Å². The maximum atomic E-state index is 12.6. The van der Waals surface area contributed by atoms with Gasteiger partial charge in [0.25, 0.3) is 5.91 Å². The number of rotatable bonds is 5. The summed E-state index contributed by atoms with van der Waals surface area (Å²) in [7, 11) is 0. The van der Waals surface area contributed by atoms with Crippen LogP contribution >= 0.6 is 0 Å². The summed E-state index contributed by atoms with van der Waals surface area (Å²) >= 11 is 0. The van der Waals surface area contributed by atoms with Crippen molar-refractivity contribution in [2.24, 2.45) is 0 Å². The fourth-order valence-electron chi connectivity index (χ4n) is 3.18. The van der Waals surface area contributed by atoms with Crippen LogP contribution in [0.1, 0.15) is 51.8 Å². The van der Waals surface area contributed by atoms with Crippen molar-refractivity contribution in [1.82, 2.24) is 5.32 Å². The molecule has 0 saturated heterocycles. The molecule has 146 valence electrons. The first kappa shape index (κ1) is 19.9. The average molecular weight is 376 g/mol. The van der Waals surface area contributed by atoms with Crippen molar-refractivity contribution in [1.29, 1.82) is 0 Å². The molecule has 0 bridgehead atoms. The molecule has 2 unspecified atom stereocenters. The first-order valence-electron chi connectivity index (χ1n) is 9.80. The van der Waals surface area contributed by atoms with E-state index in [1.165, 1.54) is 5.56 Å². The molecule has 0 aliphatic heterocycles. The van der Waals surface area contributed by atoms with Gasteiger partial charge < -0.3 is 10.1 Å². The molecular weight excluding hydrogens is 346 g/mol. The Bertz CT molecular complexity index is 954. The van der Waals surface area contributed by atoms with Crippen LogP contribution < -0.4 is 10.1 Å². The third-order valence-corrected chi connectivity index (χ3v) is 5.04. The van der Waals surface area contributed by atoms with Crippen LogP contribution in [0.4, 0.5) is 0 Å². The summed E-state index contributed by atoms with van der Waals surface area (Å²) in [5, 5.41) is 5.30. The third-order valence-electron chi connectivity index (χ3n) is 5.04. The van der Waals surface area contributed by atoms with E-state index in [2.05, 4.69) is 56.4 Å². The minimum Gasteiger partial charge on any atom is -0.481 e. The largest absolute Gasteiger partial charge is 0.481 e. The Morgan fingerprint density at radius 2 is 1.54 bits per heavy atom. The number of hydrogen-bond acceptors (Lipinski definition) is 2. The van der Waals surface area contributed by atoms with Crippen LogP contribution in [-0.2, 0) is 10.2 Å². The first-order chi connectivity index (χ1) is 13.2.